The van der Waals surface area contributed by atoms with Crippen molar-refractivity contribution in [3.05, 3.63) is 35.9 Å². The molecule has 24 heavy (non-hydrogen) atoms. The first kappa shape index (κ1) is 18.9. The first-order chi connectivity index (χ1) is 11.5. The van der Waals surface area contributed by atoms with Crippen molar-refractivity contribution in [1.29, 1.82) is 0 Å². The van der Waals surface area contributed by atoms with Gasteiger partial charge in [-0.25, -0.2) is 8.42 Å². The van der Waals surface area contributed by atoms with E-state index in [1.165, 1.54) is 31.2 Å². The van der Waals surface area contributed by atoms with E-state index < -0.39 is 9.84 Å². The number of sulfone groups is 1. The predicted molar refractivity (Wildman–Crippen MR) is 96.6 cm³/mol. The highest BCUT2D eigenvalue weighted by Gasteiger charge is 2.22. The van der Waals surface area contributed by atoms with Crippen molar-refractivity contribution < 1.29 is 13.2 Å². The van der Waals surface area contributed by atoms with Crippen molar-refractivity contribution in [2.24, 2.45) is 0 Å². The monoisotopic (exact) mass is 352 g/mol. The number of carbonyl (C=O) groups excluding carboxylic acids is 1. The van der Waals surface area contributed by atoms with Gasteiger partial charge in [-0.15, -0.1) is 0 Å². The Morgan fingerprint density at radius 2 is 1.75 bits per heavy atom. The highest BCUT2D eigenvalue weighted by atomic mass is 32.2. The second-order valence-corrected chi connectivity index (χ2v) is 8.82. The van der Waals surface area contributed by atoms with Crippen LogP contribution in [0.5, 0.6) is 0 Å². The molecule has 0 aromatic heterocycles. The molecular weight excluding hydrogens is 324 g/mol. The van der Waals surface area contributed by atoms with E-state index in [2.05, 4.69) is 22.3 Å². The van der Waals surface area contributed by atoms with Crippen LogP contribution in [0.4, 0.5) is 0 Å². The number of hydrogen-bond donors (Lipinski definition) is 1. The van der Waals surface area contributed by atoms with Crippen molar-refractivity contribution in [2.45, 2.75) is 38.1 Å². The summed E-state index contributed by atoms with van der Waals surface area (Å²) in [7, 11) is -3.11. The summed E-state index contributed by atoms with van der Waals surface area (Å²) in [4.78, 5) is 14.4. The quantitative estimate of drug-likeness (QED) is 0.817. The minimum Gasteiger partial charge on any atom is -0.354 e. The number of nitrogens with one attached hydrogen (secondary N) is 1. The lowest BCUT2D eigenvalue weighted by Crippen LogP contribution is -2.39. The van der Waals surface area contributed by atoms with E-state index in [9.17, 15) is 13.2 Å². The number of carbonyl (C=O) groups is 1. The maximum Gasteiger partial charge on any atom is 0.221 e. The summed E-state index contributed by atoms with van der Waals surface area (Å²) < 4.78 is 22.4. The Morgan fingerprint density at radius 3 is 2.33 bits per heavy atom. The molecule has 0 bridgehead atoms. The van der Waals surface area contributed by atoms with Crippen LogP contribution in [-0.4, -0.2) is 50.9 Å². The van der Waals surface area contributed by atoms with Crippen LogP contribution in [0.15, 0.2) is 30.3 Å². The van der Waals surface area contributed by atoms with E-state index in [4.69, 9.17) is 0 Å². The number of likely N-dealkylation sites (tertiary alicyclic amines) is 1. The normalized spacial score (nSPS) is 17.9. The molecule has 2 rings (SSSR count). The van der Waals surface area contributed by atoms with Crippen molar-refractivity contribution in [3.63, 3.8) is 0 Å². The molecule has 6 heteroatoms. The van der Waals surface area contributed by atoms with Gasteiger partial charge in [-0.3, -0.25) is 9.69 Å². The molecule has 0 saturated carbocycles. The SMILES string of the molecule is CS(=O)(=O)CCC(=O)NC[C@H](c1ccccc1)N1CCCCCC1. The van der Waals surface area contributed by atoms with Crippen molar-refractivity contribution in [3.8, 4) is 0 Å². The summed E-state index contributed by atoms with van der Waals surface area (Å²) in [5, 5.41) is 2.93. The Labute approximate surface area is 145 Å². The second-order valence-electron chi connectivity index (χ2n) is 6.56. The fourth-order valence-electron chi connectivity index (χ4n) is 3.12. The van der Waals surface area contributed by atoms with Crippen LogP contribution in [0.25, 0.3) is 0 Å². The number of nitrogens with zero attached hydrogens (tertiary/aromatic N) is 1. The van der Waals surface area contributed by atoms with E-state index in [0.29, 0.717) is 6.54 Å². The van der Waals surface area contributed by atoms with Crippen LogP contribution in [0.2, 0.25) is 0 Å². The zero-order valence-corrected chi connectivity index (χ0v) is 15.2. The molecule has 1 heterocycles. The van der Waals surface area contributed by atoms with Gasteiger partial charge < -0.3 is 5.32 Å². The number of amides is 1. The molecule has 134 valence electrons. The molecular formula is C18H28N2O3S. The van der Waals surface area contributed by atoms with Crippen LogP contribution >= 0.6 is 0 Å². The Morgan fingerprint density at radius 1 is 1.12 bits per heavy atom. The average Bonchev–Trinajstić information content (AvgIpc) is 2.83. The summed E-state index contributed by atoms with van der Waals surface area (Å²) in [6, 6.07) is 10.4. The van der Waals surface area contributed by atoms with E-state index in [0.717, 1.165) is 19.3 Å². The molecule has 1 N–H and O–H groups in total. The predicted octanol–water partition coefficient (Wildman–Crippen LogP) is 2.15. The summed E-state index contributed by atoms with van der Waals surface area (Å²) in [6.45, 7) is 2.60. The first-order valence-corrected chi connectivity index (χ1v) is 10.8. The van der Waals surface area contributed by atoms with Gasteiger partial charge in [0.1, 0.15) is 9.84 Å². The molecule has 5 nitrogen and oxygen atoms in total. The van der Waals surface area contributed by atoms with Crippen LogP contribution < -0.4 is 5.32 Å². The summed E-state index contributed by atoms with van der Waals surface area (Å²) in [5.41, 5.74) is 1.20. The molecule has 1 fully saturated rings. The molecule has 0 spiro atoms. The number of rotatable bonds is 7. The first-order valence-electron chi connectivity index (χ1n) is 8.69. The van der Waals surface area contributed by atoms with E-state index in [1.54, 1.807) is 0 Å². The molecule has 1 aromatic carbocycles. The van der Waals surface area contributed by atoms with Gasteiger partial charge in [0.25, 0.3) is 0 Å². The topological polar surface area (TPSA) is 66.5 Å². The molecule has 1 amide bonds. The van der Waals surface area contributed by atoms with Crippen LogP contribution in [-0.2, 0) is 14.6 Å². The molecule has 1 saturated heterocycles. The van der Waals surface area contributed by atoms with Crippen molar-refractivity contribution in [1.82, 2.24) is 10.2 Å². The minimum atomic E-state index is -3.11. The Bertz CT molecular complexity index is 608. The van der Waals surface area contributed by atoms with Crippen LogP contribution in [0.1, 0.15) is 43.7 Å². The summed E-state index contributed by atoms with van der Waals surface area (Å²) in [6.07, 6.45) is 6.08. The smallest absolute Gasteiger partial charge is 0.221 e. The largest absolute Gasteiger partial charge is 0.354 e. The third-order valence-corrected chi connectivity index (χ3v) is 5.40. The highest BCUT2D eigenvalue weighted by Crippen LogP contribution is 2.23. The Hall–Kier alpha value is -1.40. The number of hydrogen-bond acceptors (Lipinski definition) is 4. The fourth-order valence-corrected chi connectivity index (χ4v) is 3.67. The van der Waals surface area contributed by atoms with Gasteiger partial charge >= 0.3 is 0 Å². The molecule has 1 aliphatic heterocycles. The summed E-state index contributed by atoms with van der Waals surface area (Å²) >= 11 is 0. The van der Waals surface area contributed by atoms with E-state index in [1.807, 2.05) is 18.2 Å². The minimum absolute atomic E-state index is 0.0281. The lowest BCUT2D eigenvalue weighted by Gasteiger charge is -2.31. The van der Waals surface area contributed by atoms with E-state index >= 15 is 0 Å². The highest BCUT2D eigenvalue weighted by molar-refractivity contribution is 7.90. The van der Waals surface area contributed by atoms with Gasteiger partial charge in [-0.1, -0.05) is 43.2 Å². The molecule has 1 aliphatic rings. The lowest BCUT2D eigenvalue weighted by molar-refractivity contribution is -0.121. The van der Waals surface area contributed by atoms with Gasteiger partial charge in [-0.05, 0) is 31.5 Å². The van der Waals surface area contributed by atoms with Crippen molar-refractivity contribution in [2.75, 3.05) is 31.6 Å². The Balaban J connectivity index is 1.99. The molecule has 0 aliphatic carbocycles. The van der Waals surface area contributed by atoms with E-state index in [-0.39, 0.29) is 24.1 Å². The maximum atomic E-state index is 12.0. The zero-order valence-electron chi connectivity index (χ0n) is 14.4. The molecule has 1 aromatic rings. The molecule has 1 atom stereocenters. The zero-order chi connectivity index (χ0) is 17.4. The number of benzene rings is 1. The maximum absolute atomic E-state index is 12.0. The van der Waals surface area contributed by atoms with Gasteiger partial charge in [0.15, 0.2) is 0 Å². The Kier molecular flexibility index (Phi) is 7.24. The van der Waals surface area contributed by atoms with Crippen LogP contribution in [0.3, 0.4) is 0 Å². The van der Waals surface area contributed by atoms with Gasteiger partial charge in [-0.2, -0.15) is 0 Å². The van der Waals surface area contributed by atoms with Gasteiger partial charge in [0.05, 0.1) is 11.8 Å². The van der Waals surface area contributed by atoms with Crippen LogP contribution in [0, 0.1) is 0 Å². The van der Waals surface area contributed by atoms with Gasteiger partial charge in [0, 0.05) is 19.2 Å². The molecule has 0 unspecified atom stereocenters. The third kappa shape index (κ3) is 6.61. The average molecular weight is 353 g/mol. The second kappa shape index (κ2) is 9.18. The summed E-state index contributed by atoms with van der Waals surface area (Å²) in [5.74, 6) is -0.297. The molecule has 0 radical (unpaired) electrons. The fraction of sp³-hybridized carbons (Fsp3) is 0.611. The van der Waals surface area contributed by atoms with Gasteiger partial charge in [0.2, 0.25) is 5.91 Å². The lowest BCUT2D eigenvalue weighted by atomic mass is 10.0. The third-order valence-electron chi connectivity index (χ3n) is 4.46. The standard InChI is InChI=1S/C18H28N2O3S/c1-24(22,23)14-11-18(21)19-15-17(16-9-5-4-6-10-16)20-12-7-2-3-8-13-20/h4-6,9-10,17H,2-3,7-8,11-15H2,1H3,(H,19,21)/t17-/m1/s1. The van der Waals surface area contributed by atoms with Crippen molar-refractivity contribution >= 4 is 15.7 Å².